The third-order valence-corrected chi connectivity index (χ3v) is 4.12. The second kappa shape index (κ2) is 8.30. The Kier molecular flexibility index (Phi) is 5.84. The van der Waals surface area contributed by atoms with Crippen molar-refractivity contribution < 1.29 is 13.2 Å². The summed E-state index contributed by atoms with van der Waals surface area (Å²) in [7, 11) is 0. The van der Waals surface area contributed by atoms with Gasteiger partial charge in [0.2, 0.25) is 0 Å². The summed E-state index contributed by atoms with van der Waals surface area (Å²) < 4.78 is 38.7. The Labute approximate surface area is 163 Å². The first-order valence-electron chi connectivity index (χ1n) is 8.20. The van der Waals surface area contributed by atoms with Crippen LogP contribution in [-0.4, -0.2) is 27.9 Å². The van der Waals surface area contributed by atoms with Gasteiger partial charge in [-0.2, -0.15) is 23.0 Å². The highest BCUT2D eigenvalue weighted by Crippen LogP contribution is 2.28. The molecule has 0 bridgehead atoms. The summed E-state index contributed by atoms with van der Waals surface area (Å²) in [5.74, 6) is 0.304. The summed E-state index contributed by atoms with van der Waals surface area (Å²) in [5, 5.41) is 9.93. The van der Waals surface area contributed by atoms with Crippen molar-refractivity contribution in [1.29, 1.82) is 0 Å². The molecular weight excluding hydrogens is 395 g/mol. The Bertz CT molecular complexity index is 991. The van der Waals surface area contributed by atoms with Gasteiger partial charge in [-0.3, -0.25) is 4.79 Å². The summed E-state index contributed by atoms with van der Waals surface area (Å²) >= 11 is 6.13. The molecule has 1 aromatic carbocycles. The van der Waals surface area contributed by atoms with Gasteiger partial charge in [-0.25, -0.2) is 4.98 Å². The van der Waals surface area contributed by atoms with Crippen molar-refractivity contribution >= 4 is 23.1 Å². The minimum absolute atomic E-state index is 0.00786. The fourth-order valence-electron chi connectivity index (χ4n) is 2.36. The molecule has 0 fully saturated rings. The number of rotatable bonds is 6. The summed E-state index contributed by atoms with van der Waals surface area (Å²) in [6.45, 7) is 0.690. The van der Waals surface area contributed by atoms with Crippen molar-refractivity contribution in [2.45, 2.75) is 6.18 Å². The lowest BCUT2D eigenvalue weighted by Gasteiger charge is -2.11. The Balaban J connectivity index is 1.58. The zero-order chi connectivity index (χ0) is 20.1. The zero-order valence-corrected chi connectivity index (χ0v) is 15.1. The van der Waals surface area contributed by atoms with Gasteiger partial charge in [0.15, 0.2) is 0 Å². The molecule has 0 atom stereocenters. The van der Waals surface area contributed by atoms with E-state index in [0.29, 0.717) is 30.3 Å². The van der Waals surface area contributed by atoms with Gasteiger partial charge >= 0.3 is 6.18 Å². The maximum absolute atomic E-state index is 12.5. The van der Waals surface area contributed by atoms with E-state index in [9.17, 15) is 18.0 Å². The van der Waals surface area contributed by atoms with E-state index < -0.39 is 17.3 Å². The topological polar surface area (TPSA) is 71.8 Å². The van der Waals surface area contributed by atoms with E-state index in [2.05, 4.69) is 20.7 Å². The minimum atomic E-state index is -4.42. The van der Waals surface area contributed by atoms with Gasteiger partial charge in [-0.15, -0.1) is 0 Å². The number of halogens is 4. The van der Waals surface area contributed by atoms with E-state index in [1.165, 1.54) is 16.9 Å². The molecule has 6 nitrogen and oxygen atoms in total. The van der Waals surface area contributed by atoms with Crippen molar-refractivity contribution in [2.24, 2.45) is 0 Å². The molecule has 0 aliphatic heterocycles. The highest BCUT2D eigenvalue weighted by atomic mass is 35.5. The number of benzene rings is 1. The van der Waals surface area contributed by atoms with Gasteiger partial charge in [0.05, 0.1) is 23.1 Å². The van der Waals surface area contributed by atoms with Crippen molar-refractivity contribution in [3.05, 3.63) is 75.8 Å². The molecule has 0 spiro atoms. The van der Waals surface area contributed by atoms with Crippen molar-refractivity contribution in [1.82, 2.24) is 14.8 Å². The minimum Gasteiger partial charge on any atom is -0.381 e. The molecule has 0 amide bonds. The number of pyridine rings is 1. The van der Waals surface area contributed by atoms with Crippen LogP contribution < -0.4 is 16.2 Å². The van der Waals surface area contributed by atoms with Crippen LogP contribution in [0.3, 0.4) is 0 Å². The molecule has 0 saturated heterocycles. The molecule has 146 valence electrons. The second-order valence-corrected chi connectivity index (χ2v) is 6.09. The molecule has 3 rings (SSSR count). The number of para-hydroxylation sites is 1. The van der Waals surface area contributed by atoms with Crippen LogP contribution in [0, 0.1) is 0 Å². The zero-order valence-electron chi connectivity index (χ0n) is 14.4. The maximum atomic E-state index is 12.5. The first kappa shape index (κ1) is 19.7. The van der Waals surface area contributed by atoms with Crippen LogP contribution in [0.4, 0.5) is 24.7 Å². The molecule has 0 aliphatic rings. The van der Waals surface area contributed by atoms with E-state index in [1.54, 1.807) is 24.3 Å². The van der Waals surface area contributed by atoms with E-state index in [1.807, 2.05) is 6.07 Å². The summed E-state index contributed by atoms with van der Waals surface area (Å²) in [5.41, 5.74) is -0.319. The number of hydrogen-bond acceptors (Lipinski definition) is 5. The van der Waals surface area contributed by atoms with E-state index >= 15 is 0 Å². The maximum Gasteiger partial charge on any atom is 0.417 e. The van der Waals surface area contributed by atoms with Gasteiger partial charge in [-0.05, 0) is 24.3 Å². The predicted octanol–water partition coefficient (Wildman–Crippen LogP) is 3.82. The number of aromatic nitrogens is 3. The lowest BCUT2D eigenvalue weighted by atomic mass is 10.3. The molecule has 10 heteroatoms. The van der Waals surface area contributed by atoms with Crippen molar-refractivity contribution in [3.63, 3.8) is 0 Å². The summed E-state index contributed by atoms with van der Waals surface area (Å²) in [6, 6.07) is 11.1. The monoisotopic (exact) mass is 409 g/mol. The quantitative estimate of drug-likeness (QED) is 0.605. The number of nitrogens with one attached hydrogen (secondary N) is 2. The van der Waals surface area contributed by atoms with Crippen LogP contribution in [0.25, 0.3) is 5.69 Å². The first-order chi connectivity index (χ1) is 13.4. The van der Waals surface area contributed by atoms with E-state index in [-0.39, 0.29) is 5.02 Å². The molecule has 2 aromatic heterocycles. The number of alkyl halides is 3. The van der Waals surface area contributed by atoms with Crippen LogP contribution in [0.2, 0.25) is 5.02 Å². The molecule has 2 N–H and O–H groups in total. The Morgan fingerprint density at radius 2 is 1.71 bits per heavy atom. The highest BCUT2D eigenvalue weighted by molar-refractivity contribution is 6.32. The fraction of sp³-hybridized carbons (Fsp3) is 0.167. The Morgan fingerprint density at radius 3 is 2.36 bits per heavy atom. The number of nitrogens with zero attached hydrogens (tertiary/aromatic N) is 3. The smallest absolute Gasteiger partial charge is 0.381 e. The summed E-state index contributed by atoms with van der Waals surface area (Å²) in [6.07, 6.45) is -2.22. The van der Waals surface area contributed by atoms with Gasteiger partial charge < -0.3 is 10.6 Å². The van der Waals surface area contributed by atoms with Crippen molar-refractivity contribution in [2.75, 3.05) is 23.7 Å². The van der Waals surface area contributed by atoms with Crippen LogP contribution in [0.1, 0.15) is 5.56 Å². The summed E-state index contributed by atoms with van der Waals surface area (Å²) in [4.78, 5) is 16.1. The van der Waals surface area contributed by atoms with Crippen LogP contribution >= 0.6 is 11.6 Å². The van der Waals surface area contributed by atoms with Crippen LogP contribution in [0.5, 0.6) is 0 Å². The standard InChI is InChI=1S/C18H15ClF3N5O/c19-16-14(11-26-27(17(16)28)13-4-2-1-3-5-13)23-8-9-24-15-7-6-12(10-25-15)18(20,21)22/h1-7,10-11,23H,8-9H2,(H,24,25). The van der Waals surface area contributed by atoms with Crippen LogP contribution in [-0.2, 0) is 6.18 Å². The number of anilines is 2. The molecular formula is C18H15ClF3N5O. The average Bonchev–Trinajstić information content (AvgIpc) is 2.69. The van der Waals surface area contributed by atoms with E-state index in [0.717, 1.165) is 12.3 Å². The van der Waals surface area contributed by atoms with Crippen LogP contribution in [0.15, 0.2) is 59.7 Å². The Morgan fingerprint density at radius 1 is 1.00 bits per heavy atom. The lowest BCUT2D eigenvalue weighted by Crippen LogP contribution is -2.23. The molecule has 2 heterocycles. The second-order valence-electron chi connectivity index (χ2n) is 5.71. The average molecular weight is 410 g/mol. The lowest BCUT2D eigenvalue weighted by molar-refractivity contribution is -0.137. The third kappa shape index (κ3) is 4.61. The molecule has 0 unspecified atom stereocenters. The molecule has 0 radical (unpaired) electrons. The van der Waals surface area contributed by atoms with Gasteiger partial charge in [-0.1, -0.05) is 29.8 Å². The third-order valence-electron chi connectivity index (χ3n) is 3.76. The van der Waals surface area contributed by atoms with Gasteiger partial charge in [0.1, 0.15) is 10.8 Å². The van der Waals surface area contributed by atoms with Gasteiger partial charge in [0, 0.05) is 19.3 Å². The van der Waals surface area contributed by atoms with Crippen molar-refractivity contribution in [3.8, 4) is 5.69 Å². The Hall–Kier alpha value is -3.07. The number of hydrogen-bond donors (Lipinski definition) is 2. The SMILES string of the molecule is O=c1c(Cl)c(NCCNc2ccc(C(F)(F)F)cn2)cnn1-c1ccccc1. The highest BCUT2D eigenvalue weighted by Gasteiger charge is 2.30. The predicted molar refractivity (Wildman–Crippen MR) is 101 cm³/mol. The molecule has 0 aliphatic carbocycles. The van der Waals surface area contributed by atoms with Gasteiger partial charge in [0.25, 0.3) is 5.56 Å². The first-order valence-corrected chi connectivity index (χ1v) is 8.58. The fourth-order valence-corrected chi connectivity index (χ4v) is 2.56. The normalized spacial score (nSPS) is 11.3. The van der Waals surface area contributed by atoms with E-state index in [4.69, 9.17) is 11.6 Å². The molecule has 28 heavy (non-hydrogen) atoms. The largest absolute Gasteiger partial charge is 0.417 e. The molecule has 0 saturated carbocycles. The molecule has 3 aromatic rings.